The van der Waals surface area contributed by atoms with Crippen LogP contribution < -0.4 is 5.32 Å². The summed E-state index contributed by atoms with van der Waals surface area (Å²) in [5.41, 5.74) is 0.305. The summed E-state index contributed by atoms with van der Waals surface area (Å²) in [7, 11) is 0. The van der Waals surface area contributed by atoms with Crippen molar-refractivity contribution in [1.82, 2.24) is 0 Å². The highest BCUT2D eigenvalue weighted by molar-refractivity contribution is 6.36. The third kappa shape index (κ3) is 3.31. The average molecular weight is 324 g/mol. The van der Waals surface area contributed by atoms with Crippen molar-refractivity contribution in [3.8, 4) is 5.75 Å². The topological polar surface area (TPSA) is 49.3 Å². The van der Waals surface area contributed by atoms with Crippen LogP contribution in [-0.2, 0) is 10.2 Å². The minimum atomic E-state index is -0.761. The van der Waals surface area contributed by atoms with Gasteiger partial charge in [0.1, 0.15) is 0 Å². The van der Waals surface area contributed by atoms with E-state index in [1.165, 1.54) is 12.1 Å². The quantitative estimate of drug-likeness (QED) is 0.810. The van der Waals surface area contributed by atoms with Crippen LogP contribution in [-0.4, -0.2) is 11.0 Å². The van der Waals surface area contributed by atoms with Gasteiger partial charge in [0, 0.05) is 5.02 Å². The summed E-state index contributed by atoms with van der Waals surface area (Å²) in [6.07, 6.45) is 0. The standard InChI is InChI=1S/C16H15Cl2NO2/c1-16(2,10-6-4-3-5-7-10)15(21)19-13-9-11(17)8-12(18)14(13)20/h3-9,20H,1-2H3,(H,19,21). The first kappa shape index (κ1) is 15.7. The number of amides is 1. The second-order valence-corrected chi connectivity index (χ2v) is 6.07. The van der Waals surface area contributed by atoms with Crippen LogP contribution in [0.15, 0.2) is 42.5 Å². The first-order chi connectivity index (χ1) is 9.82. The van der Waals surface area contributed by atoms with E-state index >= 15 is 0 Å². The monoisotopic (exact) mass is 323 g/mol. The van der Waals surface area contributed by atoms with Crippen molar-refractivity contribution in [2.75, 3.05) is 5.32 Å². The van der Waals surface area contributed by atoms with E-state index in [-0.39, 0.29) is 22.4 Å². The molecular weight excluding hydrogens is 309 g/mol. The molecule has 0 radical (unpaired) electrons. The van der Waals surface area contributed by atoms with E-state index in [1.54, 1.807) is 13.8 Å². The highest BCUT2D eigenvalue weighted by Gasteiger charge is 2.30. The number of halogens is 2. The fraction of sp³-hybridized carbons (Fsp3) is 0.188. The molecule has 2 aromatic rings. The second-order valence-electron chi connectivity index (χ2n) is 5.23. The van der Waals surface area contributed by atoms with Crippen molar-refractivity contribution in [2.45, 2.75) is 19.3 Å². The van der Waals surface area contributed by atoms with Crippen LogP contribution in [0.4, 0.5) is 5.69 Å². The molecule has 21 heavy (non-hydrogen) atoms. The summed E-state index contributed by atoms with van der Waals surface area (Å²) >= 11 is 11.7. The van der Waals surface area contributed by atoms with Gasteiger partial charge in [-0.3, -0.25) is 4.79 Å². The van der Waals surface area contributed by atoms with E-state index in [9.17, 15) is 9.90 Å². The van der Waals surface area contributed by atoms with Crippen molar-refractivity contribution in [2.24, 2.45) is 0 Å². The molecule has 110 valence electrons. The molecule has 2 aromatic carbocycles. The van der Waals surface area contributed by atoms with E-state index in [0.717, 1.165) is 5.56 Å². The van der Waals surface area contributed by atoms with Crippen molar-refractivity contribution in [3.63, 3.8) is 0 Å². The molecule has 0 atom stereocenters. The number of carbonyl (C=O) groups excluding carboxylic acids is 1. The van der Waals surface area contributed by atoms with Crippen LogP contribution >= 0.6 is 23.2 Å². The first-order valence-electron chi connectivity index (χ1n) is 6.37. The number of rotatable bonds is 3. The molecule has 0 heterocycles. The van der Waals surface area contributed by atoms with Gasteiger partial charge in [-0.05, 0) is 31.5 Å². The maximum absolute atomic E-state index is 12.5. The van der Waals surface area contributed by atoms with E-state index in [0.29, 0.717) is 5.02 Å². The SMILES string of the molecule is CC(C)(C(=O)Nc1cc(Cl)cc(Cl)c1O)c1ccccc1. The zero-order chi connectivity index (χ0) is 15.6. The highest BCUT2D eigenvalue weighted by atomic mass is 35.5. The summed E-state index contributed by atoms with van der Waals surface area (Å²) in [6.45, 7) is 3.61. The van der Waals surface area contributed by atoms with Gasteiger partial charge in [0.25, 0.3) is 0 Å². The van der Waals surface area contributed by atoms with Crippen LogP contribution in [0.5, 0.6) is 5.75 Å². The summed E-state index contributed by atoms with van der Waals surface area (Å²) in [5, 5.41) is 13.0. The van der Waals surface area contributed by atoms with Crippen LogP contribution in [0.3, 0.4) is 0 Å². The molecule has 5 heteroatoms. The van der Waals surface area contributed by atoms with Gasteiger partial charge in [-0.2, -0.15) is 0 Å². The molecule has 3 nitrogen and oxygen atoms in total. The Morgan fingerprint density at radius 1 is 1.14 bits per heavy atom. The Labute approximate surface area is 133 Å². The fourth-order valence-corrected chi connectivity index (χ4v) is 2.42. The van der Waals surface area contributed by atoms with Crippen molar-refractivity contribution >= 4 is 34.8 Å². The number of phenols is 1. The smallest absolute Gasteiger partial charge is 0.234 e. The lowest BCUT2D eigenvalue weighted by Crippen LogP contribution is -2.34. The minimum Gasteiger partial charge on any atom is -0.504 e. The molecule has 0 spiro atoms. The largest absolute Gasteiger partial charge is 0.504 e. The molecule has 0 bridgehead atoms. The van der Waals surface area contributed by atoms with Gasteiger partial charge in [-0.1, -0.05) is 53.5 Å². The molecule has 0 aliphatic heterocycles. The summed E-state index contributed by atoms with van der Waals surface area (Å²) < 4.78 is 0. The van der Waals surface area contributed by atoms with Crippen molar-refractivity contribution in [3.05, 3.63) is 58.1 Å². The highest BCUT2D eigenvalue weighted by Crippen LogP contribution is 2.36. The Kier molecular flexibility index (Phi) is 4.45. The van der Waals surface area contributed by atoms with Gasteiger partial charge in [0.15, 0.2) is 5.75 Å². The molecule has 0 fully saturated rings. The predicted molar refractivity (Wildman–Crippen MR) is 86.2 cm³/mol. The molecule has 0 saturated carbocycles. The van der Waals surface area contributed by atoms with E-state index in [1.807, 2.05) is 30.3 Å². The number of anilines is 1. The Hall–Kier alpha value is -1.71. The van der Waals surface area contributed by atoms with Gasteiger partial charge < -0.3 is 10.4 Å². The van der Waals surface area contributed by atoms with E-state index in [4.69, 9.17) is 23.2 Å². The maximum Gasteiger partial charge on any atom is 0.234 e. The summed E-state index contributed by atoms with van der Waals surface area (Å²) in [4.78, 5) is 12.5. The van der Waals surface area contributed by atoms with E-state index < -0.39 is 5.41 Å². The molecule has 2 rings (SSSR count). The summed E-state index contributed by atoms with van der Waals surface area (Å²) in [6, 6.07) is 12.3. The number of hydrogen-bond donors (Lipinski definition) is 2. The second kappa shape index (κ2) is 5.96. The average Bonchev–Trinajstić information content (AvgIpc) is 2.45. The molecule has 0 aliphatic carbocycles. The third-order valence-electron chi connectivity index (χ3n) is 3.34. The van der Waals surface area contributed by atoms with Crippen LogP contribution in [0.1, 0.15) is 19.4 Å². The Morgan fingerprint density at radius 3 is 2.38 bits per heavy atom. The summed E-state index contributed by atoms with van der Waals surface area (Å²) in [5.74, 6) is -0.458. The van der Waals surface area contributed by atoms with Gasteiger partial charge in [-0.15, -0.1) is 0 Å². The number of hydrogen-bond acceptors (Lipinski definition) is 2. The first-order valence-corrected chi connectivity index (χ1v) is 7.13. The number of aromatic hydroxyl groups is 1. The molecule has 2 N–H and O–H groups in total. The lowest BCUT2D eigenvalue weighted by Gasteiger charge is -2.24. The Bertz CT molecular complexity index is 669. The van der Waals surface area contributed by atoms with Gasteiger partial charge in [0.2, 0.25) is 5.91 Å². The van der Waals surface area contributed by atoms with Crippen molar-refractivity contribution in [1.29, 1.82) is 0 Å². The van der Waals surface area contributed by atoms with Crippen LogP contribution in [0.25, 0.3) is 0 Å². The molecular formula is C16H15Cl2NO2. The van der Waals surface area contributed by atoms with Gasteiger partial charge >= 0.3 is 0 Å². The van der Waals surface area contributed by atoms with E-state index in [2.05, 4.69) is 5.32 Å². The normalized spacial score (nSPS) is 11.2. The zero-order valence-electron chi connectivity index (χ0n) is 11.7. The van der Waals surface area contributed by atoms with Gasteiger partial charge in [0.05, 0.1) is 16.1 Å². The van der Waals surface area contributed by atoms with Crippen LogP contribution in [0.2, 0.25) is 10.0 Å². The lowest BCUT2D eigenvalue weighted by atomic mass is 9.83. The maximum atomic E-state index is 12.5. The third-order valence-corrected chi connectivity index (χ3v) is 3.85. The Morgan fingerprint density at radius 2 is 1.76 bits per heavy atom. The molecule has 0 saturated heterocycles. The van der Waals surface area contributed by atoms with Gasteiger partial charge in [-0.25, -0.2) is 0 Å². The number of phenolic OH excluding ortho intramolecular Hbond substituents is 1. The predicted octanol–water partition coefficient (Wildman–Crippen LogP) is 4.62. The number of carbonyl (C=O) groups is 1. The number of nitrogens with one attached hydrogen (secondary N) is 1. The number of benzene rings is 2. The van der Waals surface area contributed by atoms with Crippen molar-refractivity contribution < 1.29 is 9.90 Å². The minimum absolute atomic E-state index is 0.0929. The molecule has 0 aliphatic rings. The Balaban J connectivity index is 2.30. The molecule has 0 aromatic heterocycles. The molecule has 0 unspecified atom stereocenters. The lowest BCUT2D eigenvalue weighted by molar-refractivity contribution is -0.120. The van der Waals surface area contributed by atoms with Crippen LogP contribution in [0, 0.1) is 0 Å². The molecule has 1 amide bonds. The zero-order valence-corrected chi connectivity index (χ0v) is 13.2. The fourth-order valence-electron chi connectivity index (χ4n) is 1.93.